The predicted molar refractivity (Wildman–Crippen MR) is 69.3 cm³/mol. The maximum atomic E-state index is 8.91. The Bertz CT molecular complexity index is 377. The Hall–Kier alpha value is -0.930. The zero-order valence-corrected chi connectivity index (χ0v) is 11.3. The van der Waals surface area contributed by atoms with E-state index >= 15 is 0 Å². The summed E-state index contributed by atoms with van der Waals surface area (Å²) in [6.07, 6.45) is 2.27. The molecule has 0 bridgehead atoms. The molecule has 0 spiro atoms. The second kappa shape index (κ2) is 6.72. The fourth-order valence-electron chi connectivity index (χ4n) is 1.97. The van der Waals surface area contributed by atoms with Crippen molar-refractivity contribution in [2.75, 3.05) is 20.8 Å². The molecule has 3 nitrogen and oxygen atoms in total. The van der Waals surface area contributed by atoms with E-state index in [4.69, 9.17) is 26.2 Å². The molecule has 0 unspecified atom stereocenters. The molecular weight excluding hydrogens is 240 g/mol. The average Bonchev–Trinajstić information content (AvgIpc) is 2.35. The molecule has 0 saturated heterocycles. The molecule has 1 N–H and O–H groups in total. The van der Waals surface area contributed by atoms with Gasteiger partial charge in [0.2, 0.25) is 0 Å². The van der Waals surface area contributed by atoms with Gasteiger partial charge in [-0.15, -0.1) is 0 Å². The third-order valence-corrected chi connectivity index (χ3v) is 3.11. The molecule has 0 amide bonds. The van der Waals surface area contributed by atoms with Gasteiger partial charge >= 0.3 is 0 Å². The molecule has 4 heteroatoms. The van der Waals surface area contributed by atoms with Crippen LogP contribution in [0.15, 0.2) is 6.07 Å². The van der Waals surface area contributed by atoms with Gasteiger partial charge in [0.1, 0.15) is 0 Å². The van der Waals surface area contributed by atoms with Crippen LogP contribution in [0.25, 0.3) is 0 Å². The average molecular weight is 259 g/mol. The lowest BCUT2D eigenvalue weighted by Gasteiger charge is -2.17. The van der Waals surface area contributed by atoms with Crippen molar-refractivity contribution in [1.82, 2.24) is 0 Å². The van der Waals surface area contributed by atoms with Crippen molar-refractivity contribution in [3.05, 3.63) is 22.2 Å². The summed E-state index contributed by atoms with van der Waals surface area (Å²) >= 11 is 6.24. The van der Waals surface area contributed by atoms with Crippen molar-refractivity contribution < 1.29 is 14.6 Å². The highest BCUT2D eigenvalue weighted by Gasteiger charge is 2.16. The fraction of sp³-hybridized carbons (Fsp3) is 0.538. The van der Waals surface area contributed by atoms with Crippen molar-refractivity contribution >= 4 is 11.6 Å². The first-order valence-electron chi connectivity index (χ1n) is 5.72. The Morgan fingerprint density at radius 2 is 1.94 bits per heavy atom. The molecule has 96 valence electrons. The van der Waals surface area contributed by atoms with Crippen LogP contribution in [0.4, 0.5) is 0 Å². The number of hydrogen-bond acceptors (Lipinski definition) is 3. The Kier molecular flexibility index (Phi) is 5.59. The molecular formula is C13H19ClO3. The zero-order chi connectivity index (χ0) is 12.8. The topological polar surface area (TPSA) is 38.7 Å². The molecule has 0 aliphatic rings. The summed E-state index contributed by atoms with van der Waals surface area (Å²) in [7, 11) is 3.22. The summed E-state index contributed by atoms with van der Waals surface area (Å²) in [6.45, 7) is 2.21. The summed E-state index contributed by atoms with van der Waals surface area (Å²) in [5, 5.41) is 9.58. The van der Waals surface area contributed by atoms with Gasteiger partial charge in [0.25, 0.3) is 0 Å². The molecule has 0 aliphatic heterocycles. The lowest BCUT2D eigenvalue weighted by Crippen LogP contribution is -2.02. The molecule has 0 radical (unpaired) electrons. The van der Waals surface area contributed by atoms with Crippen molar-refractivity contribution in [2.24, 2.45) is 0 Å². The van der Waals surface area contributed by atoms with Crippen molar-refractivity contribution in [1.29, 1.82) is 0 Å². The predicted octanol–water partition coefficient (Wildman–Crippen LogP) is 2.84. The minimum absolute atomic E-state index is 0.161. The quantitative estimate of drug-likeness (QED) is 0.853. The molecule has 0 saturated carbocycles. The largest absolute Gasteiger partial charge is 0.493 e. The fourth-order valence-corrected chi connectivity index (χ4v) is 2.28. The van der Waals surface area contributed by atoms with Crippen LogP contribution < -0.4 is 9.47 Å². The number of rotatable bonds is 6. The van der Waals surface area contributed by atoms with E-state index in [0.717, 1.165) is 29.7 Å². The summed E-state index contributed by atoms with van der Waals surface area (Å²) in [4.78, 5) is 0. The SMILES string of the molecule is CCc1c(CCCO)c(Cl)cc(OC)c1OC. The zero-order valence-electron chi connectivity index (χ0n) is 10.5. The molecule has 0 heterocycles. The number of methoxy groups -OCH3 is 2. The summed E-state index contributed by atoms with van der Waals surface area (Å²) in [5.74, 6) is 1.40. The first kappa shape index (κ1) is 14.1. The molecule has 0 aliphatic carbocycles. The Balaban J connectivity index is 3.27. The first-order chi connectivity index (χ1) is 8.19. The van der Waals surface area contributed by atoms with E-state index in [1.807, 2.05) is 0 Å². The Morgan fingerprint density at radius 3 is 2.41 bits per heavy atom. The van der Waals surface area contributed by atoms with Crippen LogP contribution in [-0.2, 0) is 12.8 Å². The Morgan fingerprint density at radius 1 is 1.24 bits per heavy atom. The number of ether oxygens (including phenoxy) is 2. The normalized spacial score (nSPS) is 10.4. The highest BCUT2D eigenvalue weighted by atomic mass is 35.5. The number of aliphatic hydroxyl groups excluding tert-OH is 1. The second-order valence-electron chi connectivity index (χ2n) is 3.73. The van der Waals surface area contributed by atoms with Crippen molar-refractivity contribution in [2.45, 2.75) is 26.2 Å². The summed E-state index contributed by atoms with van der Waals surface area (Å²) < 4.78 is 10.6. The van der Waals surface area contributed by atoms with E-state index in [1.165, 1.54) is 0 Å². The van der Waals surface area contributed by atoms with Crippen LogP contribution in [0.3, 0.4) is 0 Å². The van der Waals surface area contributed by atoms with Gasteiger partial charge in [-0.25, -0.2) is 0 Å². The van der Waals surface area contributed by atoms with Gasteiger partial charge in [-0.3, -0.25) is 0 Å². The lowest BCUT2D eigenvalue weighted by atomic mass is 9.99. The van der Waals surface area contributed by atoms with Crippen LogP contribution in [0.1, 0.15) is 24.5 Å². The van der Waals surface area contributed by atoms with Gasteiger partial charge in [0.15, 0.2) is 11.5 Å². The van der Waals surface area contributed by atoms with Gasteiger partial charge in [-0.05, 0) is 24.8 Å². The first-order valence-corrected chi connectivity index (χ1v) is 6.10. The van der Waals surface area contributed by atoms with Gasteiger partial charge in [0.05, 0.1) is 14.2 Å². The monoisotopic (exact) mass is 258 g/mol. The van der Waals surface area contributed by atoms with Gasteiger partial charge in [-0.1, -0.05) is 18.5 Å². The lowest BCUT2D eigenvalue weighted by molar-refractivity contribution is 0.288. The minimum atomic E-state index is 0.161. The molecule has 0 aromatic heterocycles. The smallest absolute Gasteiger partial charge is 0.164 e. The van der Waals surface area contributed by atoms with E-state index < -0.39 is 0 Å². The minimum Gasteiger partial charge on any atom is -0.493 e. The maximum Gasteiger partial charge on any atom is 0.164 e. The maximum absolute atomic E-state index is 8.91. The van der Waals surface area contributed by atoms with E-state index in [0.29, 0.717) is 17.2 Å². The third-order valence-electron chi connectivity index (χ3n) is 2.77. The van der Waals surface area contributed by atoms with Crippen molar-refractivity contribution in [3.63, 3.8) is 0 Å². The Labute approximate surface area is 107 Å². The van der Waals surface area contributed by atoms with E-state index in [9.17, 15) is 0 Å². The standard InChI is InChI=1S/C13H19ClO3/c1-4-9-10(6-5-7-15)11(14)8-12(16-2)13(9)17-3/h8,15H,4-7H2,1-3H3. The molecule has 1 aromatic carbocycles. The van der Waals surface area contributed by atoms with Gasteiger partial charge in [-0.2, -0.15) is 0 Å². The molecule has 1 rings (SSSR count). The van der Waals surface area contributed by atoms with Gasteiger partial charge in [0, 0.05) is 23.3 Å². The molecule has 0 atom stereocenters. The number of hydrogen-bond donors (Lipinski definition) is 1. The molecule has 0 fully saturated rings. The molecule has 17 heavy (non-hydrogen) atoms. The van der Waals surface area contributed by atoms with E-state index in [1.54, 1.807) is 20.3 Å². The van der Waals surface area contributed by atoms with Crippen LogP contribution in [0.2, 0.25) is 5.02 Å². The van der Waals surface area contributed by atoms with E-state index in [-0.39, 0.29) is 6.61 Å². The van der Waals surface area contributed by atoms with Crippen LogP contribution >= 0.6 is 11.6 Å². The van der Waals surface area contributed by atoms with E-state index in [2.05, 4.69) is 6.92 Å². The second-order valence-corrected chi connectivity index (χ2v) is 4.14. The highest BCUT2D eigenvalue weighted by molar-refractivity contribution is 6.31. The van der Waals surface area contributed by atoms with Crippen LogP contribution in [0, 0.1) is 0 Å². The molecule has 1 aromatic rings. The third kappa shape index (κ3) is 3.05. The number of benzene rings is 1. The highest BCUT2D eigenvalue weighted by Crippen LogP contribution is 2.38. The van der Waals surface area contributed by atoms with Crippen molar-refractivity contribution in [3.8, 4) is 11.5 Å². The van der Waals surface area contributed by atoms with Crippen LogP contribution in [-0.4, -0.2) is 25.9 Å². The van der Waals surface area contributed by atoms with Gasteiger partial charge < -0.3 is 14.6 Å². The summed E-state index contributed by atoms with van der Waals surface area (Å²) in [6, 6.07) is 1.77. The summed E-state index contributed by atoms with van der Waals surface area (Å²) in [5.41, 5.74) is 2.10. The van der Waals surface area contributed by atoms with Crippen LogP contribution in [0.5, 0.6) is 11.5 Å². The number of aliphatic hydroxyl groups is 1. The number of halogens is 1.